The zero-order valence-electron chi connectivity index (χ0n) is 15.2. The predicted octanol–water partition coefficient (Wildman–Crippen LogP) is 1.67. The lowest BCUT2D eigenvalue weighted by atomic mass is 10.1. The minimum atomic E-state index is -0.235. The van der Waals surface area contributed by atoms with Gasteiger partial charge in [-0.05, 0) is 31.8 Å². The molecule has 2 rings (SSSR count). The fourth-order valence-corrected chi connectivity index (χ4v) is 2.71. The Bertz CT molecular complexity index is 722. The van der Waals surface area contributed by atoms with Crippen LogP contribution >= 0.6 is 36.2 Å². The number of carbonyl (C=O) groups excluding carboxylic acids is 2. The maximum absolute atomic E-state index is 12.0. The summed E-state index contributed by atoms with van der Waals surface area (Å²) in [4.78, 5) is 30.2. The van der Waals surface area contributed by atoms with Crippen LogP contribution in [0.5, 0.6) is 0 Å². The largest absolute Gasteiger partial charge is 0.351 e. The van der Waals surface area contributed by atoms with E-state index in [0.29, 0.717) is 30.9 Å². The molecule has 1 heterocycles. The van der Waals surface area contributed by atoms with E-state index in [0.717, 1.165) is 17.1 Å². The van der Waals surface area contributed by atoms with Crippen molar-refractivity contribution in [2.75, 3.05) is 27.2 Å². The van der Waals surface area contributed by atoms with Gasteiger partial charge >= 0.3 is 0 Å². The van der Waals surface area contributed by atoms with Crippen molar-refractivity contribution < 1.29 is 9.59 Å². The van der Waals surface area contributed by atoms with Gasteiger partial charge in [-0.1, -0.05) is 12.1 Å². The van der Waals surface area contributed by atoms with Gasteiger partial charge in [0.1, 0.15) is 10.7 Å². The summed E-state index contributed by atoms with van der Waals surface area (Å²) in [6.45, 7) is 2.09. The van der Waals surface area contributed by atoms with E-state index >= 15 is 0 Å². The lowest BCUT2D eigenvalue weighted by Crippen LogP contribution is -2.31. The summed E-state index contributed by atoms with van der Waals surface area (Å²) in [5, 5.41) is 8.09. The Balaban J connectivity index is 0.00000338. The molecule has 0 saturated carbocycles. The first-order chi connectivity index (χ1) is 12.0. The quantitative estimate of drug-likeness (QED) is 0.587. The van der Waals surface area contributed by atoms with Gasteiger partial charge in [0.05, 0.1) is 0 Å². The summed E-state index contributed by atoms with van der Waals surface area (Å²) in [5.41, 5.74) is 7.38. The Kier molecular flexibility index (Phi) is 11.8. The molecular formula is C17H25Cl2N5O2S. The molecule has 0 unspecified atom stereocenters. The molecule has 27 heavy (non-hydrogen) atoms. The van der Waals surface area contributed by atoms with Crippen LogP contribution in [-0.4, -0.2) is 48.9 Å². The number of nitrogens with zero attached hydrogens (tertiary/aromatic N) is 2. The standard InChI is InChI=1S/C17H23N5O2S.2ClH/c1-22(2)8-7-19-16(23)13-5-3-12(4-6-13)10-20-17(24)14-11-25-15(9-18)21-14;;/h3-6,11H,7-10,18H2,1-2H3,(H,19,23)(H,20,24);2*1H. The van der Waals surface area contributed by atoms with E-state index in [1.54, 1.807) is 17.5 Å². The van der Waals surface area contributed by atoms with E-state index in [2.05, 4.69) is 15.6 Å². The predicted molar refractivity (Wildman–Crippen MR) is 113 cm³/mol. The number of amides is 2. The van der Waals surface area contributed by atoms with Crippen molar-refractivity contribution in [3.63, 3.8) is 0 Å². The average molecular weight is 434 g/mol. The molecule has 10 heteroatoms. The second-order valence-electron chi connectivity index (χ2n) is 5.77. The third-order valence-electron chi connectivity index (χ3n) is 3.47. The highest BCUT2D eigenvalue weighted by Crippen LogP contribution is 2.09. The van der Waals surface area contributed by atoms with Gasteiger partial charge in [0.15, 0.2) is 0 Å². The van der Waals surface area contributed by atoms with Crippen molar-refractivity contribution >= 4 is 48.0 Å². The van der Waals surface area contributed by atoms with Crippen molar-refractivity contribution in [1.82, 2.24) is 20.5 Å². The van der Waals surface area contributed by atoms with Gasteiger partial charge in [-0.2, -0.15) is 0 Å². The van der Waals surface area contributed by atoms with E-state index in [4.69, 9.17) is 5.73 Å². The number of hydrogen-bond acceptors (Lipinski definition) is 6. The maximum Gasteiger partial charge on any atom is 0.271 e. The van der Waals surface area contributed by atoms with Gasteiger partial charge < -0.3 is 21.3 Å². The highest BCUT2D eigenvalue weighted by molar-refractivity contribution is 7.09. The zero-order chi connectivity index (χ0) is 18.2. The topological polar surface area (TPSA) is 100 Å². The number of nitrogens with one attached hydrogen (secondary N) is 2. The molecule has 1 aromatic heterocycles. The van der Waals surface area contributed by atoms with Crippen LogP contribution < -0.4 is 16.4 Å². The van der Waals surface area contributed by atoms with Crippen LogP contribution in [-0.2, 0) is 13.1 Å². The van der Waals surface area contributed by atoms with Gasteiger partial charge in [-0.25, -0.2) is 4.98 Å². The summed E-state index contributed by atoms with van der Waals surface area (Å²) >= 11 is 1.37. The molecule has 0 atom stereocenters. The van der Waals surface area contributed by atoms with E-state index < -0.39 is 0 Å². The van der Waals surface area contributed by atoms with Crippen molar-refractivity contribution in [3.8, 4) is 0 Å². The summed E-state index contributed by atoms with van der Waals surface area (Å²) < 4.78 is 0. The van der Waals surface area contributed by atoms with Crippen LogP contribution in [0.15, 0.2) is 29.6 Å². The first-order valence-corrected chi connectivity index (χ1v) is 8.82. The number of likely N-dealkylation sites (N-methyl/N-ethyl adjacent to an activating group) is 1. The number of benzene rings is 1. The first kappa shape index (κ1) is 25.3. The van der Waals surface area contributed by atoms with Crippen molar-refractivity contribution in [3.05, 3.63) is 51.5 Å². The lowest BCUT2D eigenvalue weighted by molar-refractivity contribution is 0.0939. The molecule has 0 aliphatic rings. The molecule has 2 aromatic rings. The lowest BCUT2D eigenvalue weighted by Gasteiger charge is -2.10. The number of thiazole rings is 1. The summed E-state index contributed by atoms with van der Waals surface area (Å²) in [7, 11) is 3.91. The molecular weight excluding hydrogens is 409 g/mol. The van der Waals surface area contributed by atoms with Gasteiger partial charge in [0.25, 0.3) is 11.8 Å². The van der Waals surface area contributed by atoms with Crippen LogP contribution in [0.25, 0.3) is 0 Å². The molecule has 7 nitrogen and oxygen atoms in total. The highest BCUT2D eigenvalue weighted by atomic mass is 35.5. The monoisotopic (exact) mass is 433 g/mol. The van der Waals surface area contributed by atoms with E-state index in [1.165, 1.54) is 11.3 Å². The number of rotatable bonds is 8. The zero-order valence-corrected chi connectivity index (χ0v) is 17.7. The summed E-state index contributed by atoms with van der Waals surface area (Å²) in [5.74, 6) is -0.337. The minimum absolute atomic E-state index is 0. The molecule has 0 radical (unpaired) electrons. The van der Waals surface area contributed by atoms with Crippen LogP contribution in [0.2, 0.25) is 0 Å². The number of aromatic nitrogens is 1. The number of nitrogens with two attached hydrogens (primary N) is 1. The molecule has 0 aliphatic carbocycles. The van der Waals surface area contributed by atoms with Gasteiger partial charge in [0, 0.05) is 37.1 Å². The fourth-order valence-electron chi connectivity index (χ4n) is 2.05. The Morgan fingerprint density at radius 1 is 1.11 bits per heavy atom. The maximum atomic E-state index is 12.0. The molecule has 2 amide bonds. The third kappa shape index (κ3) is 8.23. The number of hydrogen-bond donors (Lipinski definition) is 3. The van der Waals surface area contributed by atoms with Gasteiger partial charge in [-0.15, -0.1) is 36.2 Å². The van der Waals surface area contributed by atoms with Crippen molar-refractivity contribution in [2.24, 2.45) is 5.73 Å². The Morgan fingerprint density at radius 3 is 2.33 bits per heavy atom. The third-order valence-corrected chi connectivity index (χ3v) is 4.34. The van der Waals surface area contributed by atoms with Crippen LogP contribution in [0.4, 0.5) is 0 Å². The van der Waals surface area contributed by atoms with E-state index in [-0.39, 0.29) is 36.6 Å². The second-order valence-corrected chi connectivity index (χ2v) is 6.71. The molecule has 0 bridgehead atoms. The molecule has 1 aromatic carbocycles. The van der Waals surface area contributed by atoms with E-state index in [1.807, 2.05) is 31.1 Å². The smallest absolute Gasteiger partial charge is 0.271 e. The Labute approximate surface area is 175 Å². The Morgan fingerprint density at radius 2 is 1.78 bits per heavy atom. The van der Waals surface area contributed by atoms with E-state index in [9.17, 15) is 9.59 Å². The molecule has 0 spiro atoms. The normalized spacial score (nSPS) is 9.93. The molecule has 0 aliphatic heterocycles. The van der Waals surface area contributed by atoms with Gasteiger partial charge in [-0.3, -0.25) is 9.59 Å². The van der Waals surface area contributed by atoms with Crippen LogP contribution in [0.1, 0.15) is 31.4 Å². The van der Waals surface area contributed by atoms with Gasteiger partial charge in [0.2, 0.25) is 0 Å². The number of halogens is 2. The molecule has 0 fully saturated rings. The van der Waals surface area contributed by atoms with Crippen LogP contribution in [0.3, 0.4) is 0 Å². The summed E-state index contributed by atoms with van der Waals surface area (Å²) in [6.07, 6.45) is 0. The Hall–Kier alpha value is -1.71. The highest BCUT2D eigenvalue weighted by Gasteiger charge is 2.10. The van der Waals surface area contributed by atoms with Crippen molar-refractivity contribution in [2.45, 2.75) is 13.1 Å². The number of carbonyl (C=O) groups is 2. The minimum Gasteiger partial charge on any atom is -0.351 e. The SMILES string of the molecule is CN(C)CCNC(=O)c1ccc(CNC(=O)c2csc(CN)n2)cc1.Cl.Cl. The van der Waals surface area contributed by atoms with Crippen molar-refractivity contribution in [1.29, 1.82) is 0 Å². The first-order valence-electron chi connectivity index (χ1n) is 7.94. The summed E-state index contributed by atoms with van der Waals surface area (Å²) in [6, 6.07) is 7.16. The van der Waals surface area contributed by atoms with Crippen LogP contribution in [0, 0.1) is 0 Å². The molecule has 4 N–H and O–H groups in total. The average Bonchev–Trinajstić information content (AvgIpc) is 3.09. The second kappa shape index (κ2) is 12.6. The molecule has 0 saturated heterocycles. The fraction of sp³-hybridized carbons (Fsp3) is 0.353. The molecule has 150 valence electrons.